The van der Waals surface area contributed by atoms with Gasteiger partial charge in [0.15, 0.2) is 11.0 Å². The summed E-state index contributed by atoms with van der Waals surface area (Å²) >= 11 is 1.49. The lowest BCUT2D eigenvalue weighted by atomic mass is 10.3. The molecule has 84 valence electrons. The summed E-state index contributed by atoms with van der Waals surface area (Å²) in [6.07, 6.45) is 7.07. The molecule has 0 unspecified atom stereocenters. The van der Waals surface area contributed by atoms with Crippen molar-refractivity contribution in [2.75, 3.05) is 6.26 Å². The maximum atomic E-state index is 4.21. The van der Waals surface area contributed by atoms with Crippen LogP contribution >= 0.6 is 11.8 Å². The lowest BCUT2D eigenvalue weighted by molar-refractivity contribution is 0.965. The molecule has 0 aromatic carbocycles. The zero-order chi connectivity index (χ0) is 12.0. The second-order valence-corrected chi connectivity index (χ2v) is 4.05. The van der Waals surface area contributed by atoms with E-state index in [9.17, 15) is 0 Å². The van der Waals surface area contributed by atoms with Crippen LogP contribution in [0.5, 0.6) is 0 Å². The minimum absolute atomic E-state index is 0.536. The second-order valence-electron chi connectivity index (χ2n) is 3.28. The Balaban J connectivity index is 3.00. The maximum absolute atomic E-state index is 4.21. The Labute approximate surface area is 99.6 Å². The third kappa shape index (κ3) is 3.58. The average Bonchev–Trinajstić information content (AvgIpc) is 2.30. The van der Waals surface area contributed by atoms with E-state index < -0.39 is 0 Å². The van der Waals surface area contributed by atoms with E-state index in [1.165, 1.54) is 11.8 Å². The maximum Gasteiger partial charge on any atom is 0.187 e. The predicted octanol–water partition coefficient (Wildman–Crippen LogP) is 2.57. The number of thioether (sulfide) groups is 1. The van der Waals surface area contributed by atoms with Gasteiger partial charge in [0.2, 0.25) is 0 Å². The van der Waals surface area contributed by atoms with Crippen LogP contribution in [0.3, 0.4) is 0 Å². The van der Waals surface area contributed by atoms with Crippen LogP contribution in [0.15, 0.2) is 39.3 Å². The number of hydrogen-bond acceptors (Lipinski definition) is 4. The highest BCUT2D eigenvalue weighted by Crippen LogP contribution is 2.08. The standard InChI is InChI=1S/C11H14N4S/c1-8(2)5-13-10(12-3)9-6-14-11(16-4)15-7-9/h5-7H,3H2,1-2,4H3. The molecule has 4 nitrogen and oxygen atoms in total. The van der Waals surface area contributed by atoms with E-state index in [1.807, 2.05) is 20.1 Å². The number of allylic oxidation sites excluding steroid dienone is 1. The lowest BCUT2D eigenvalue weighted by Crippen LogP contribution is -1.99. The number of aromatic nitrogens is 2. The second kappa shape index (κ2) is 6.17. The molecule has 0 bridgehead atoms. The SMILES string of the molecule is C=NC(=NC=C(C)C)c1cnc(SC)nc1. The Bertz CT molecular complexity index is 416. The van der Waals surface area contributed by atoms with Crippen LogP contribution in [0, 0.1) is 0 Å². The Morgan fingerprint density at radius 2 is 2.00 bits per heavy atom. The van der Waals surface area contributed by atoms with Crippen LogP contribution in [0.1, 0.15) is 19.4 Å². The Morgan fingerprint density at radius 1 is 1.38 bits per heavy atom. The molecule has 0 fully saturated rings. The van der Waals surface area contributed by atoms with E-state index in [1.54, 1.807) is 18.6 Å². The van der Waals surface area contributed by atoms with Gasteiger partial charge >= 0.3 is 0 Å². The zero-order valence-corrected chi connectivity index (χ0v) is 10.5. The molecule has 1 heterocycles. The Hall–Kier alpha value is -1.49. The van der Waals surface area contributed by atoms with Gasteiger partial charge in [-0.2, -0.15) is 0 Å². The minimum Gasteiger partial charge on any atom is -0.244 e. The van der Waals surface area contributed by atoms with Crippen molar-refractivity contribution >= 4 is 24.3 Å². The molecule has 0 aliphatic carbocycles. The quantitative estimate of drug-likeness (QED) is 0.349. The Kier molecular flexibility index (Phi) is 4.85. The molecule has 0 spiro atoms. The molecule has 16 heavy (non-hydrogen) atoms. The number of amidine groups is 1. The molecule has 0 saturated heterocycles. The van der Waals surface area contributed by atoms with Gasteiger partial charge < -0.3 is 0 Å². The summed E-state index contributed by atoms with van der Waals surface area (Å²) in [6, 6.07) is 0. The summed E-state index contributed by atoms with van der Waals surface area (Å²) in [7, 11) is 0. The van der Waals surface area contributed by atoms with Gasteiger partial charge in [0.1, 0.15) is 0 Å². The van der Waals surface area contributed by atoms with Gasteiger partial charge in [0.25, 0.3) is 0 Å². The first-order chi connectivity index (χ1) is 7.67. The molecule has 1 aromatic rings. The molecule has 0 radical (unpaired) electrons. The zero-order valence-electron chi connectivity index (χ0n) is 9.64. The molecule has 0 N–H and O–H groups in total. The third-order valence-electron chi connectivity index (χ3n) is 1.66. The van der Waals surface area contributed by atoms with Crippen molar-refractivity contribution in [1.82, 2.24) is 9.97 Å². The summed E-state index contributed by atoms with van der Waals surface area (Å²) in [6.45, 7) is 7.43. The first-order valence-corrected chi connectivity index (χ1v) is 5.94. The summed E-state index contributed by atoms with van der Waals surface area (Å²) < 4.78 is 0. The van der Waals surface area contributed by atoms with Crippen LogP contribution in [-0.2, 0) is 0 Å². The molecular formula is C11H14N4S. The third-order valence-corrected chi connectivity index (χ3v) is 2.24. The van der Waals surface area contributed by atoms with Crippen LogP contribution in [0.25, 0.3) is 0 Å². The van der Waals surface area contributed by atoms with Crippen LogP contribution in [-0.4, -0.2) is 28.8 Å². The minimum atomic E-state index is 0.536. The molecule has 1 aromatic heterocycles. The number of hydrogen-bond donors (Lipinski definition) is 0. The van der Waals surface area contributed by atoms with E-state index in [0.29, 0.717) is 5.84 Å². The molecule has 1 rings (SSSR count). The molecule has 0 atom stereocenters. The normalized spacial score (nSPS) is 11.1. The van der Waals surface area contributed by atoms with E-state index in [0.717, 1.165) is 16.3 Å². The van der Waals surface area contributed by atoms with Crippen molar-refractivity contribution in [3.8, 4) is 0 Å². The summed E-state index contributed by atoms with van der Waals surface area (Å²) in [5.41, 5.74) is 1.87. The van der Waals surface area contributed by atoms with E-state index in [4.69, 9.17) is 0 Å². The van der Waals surface area contributed by atoms with Crippen molar-refractivity contribution in [3.05, 3.63) is 29.7 Å². The molecule has 0 saturated carbocycles. The molecule has 0 amide bonds. The van der Waals surface area contributed by atoms with Crippen molar-refractivity contribution in [2.24, 2.45) is 9.98 Å². The first kappa shape index (κ1) is 12.6. The van der Waals surface area contributed by atoms with Gasteiger partial charge in [-0.25, -0.2) is 20.0 Å². The summed E-state index contributed by atoms with van der Waals surface area (Å²) in [5, 5.41) is 0.731. The van der Waals surface area contributed by atoms with Gasteiger partial charge in [-0.15, -0.1) is 0 Å². The lowest BCUT2D eigenvalue weighted by Gasteiger charge is -1.99. The molecule has 0 aliphatic heterocycles. The molecular weight excluding hydrogens is 220 g/mol. The van der Waals surface area contributed by atoms with Gasteiger partial charge in [-0.1, -0.05) is 17.3 Å². The van der Waals surface area contributed by atoms with E-state index in [-0.39, 0.29) is 0 Å². The van der Waals surface area contributed by atoms with Crippen molar-refractivity contribution in [3.63, 3.8) is 0 Å². The fraction of sp³-hybridized carbons (Fsp3) is 0.273. The van der Waals surface area contributed by atoms with Gasteiger partial charge in [0.05, 0.1) is 5.56 Å². The van der Waals surface area contributed by atoms with Crippen LogP contribution < -0.4 is 0 Å². The topological polar surface area (TPSA) is 50.5 Å². The van der Waals surface area contributed by atoms with Crippen LogP contribution in [0.2, 0.25) is 0 Å². The average molecular weight is 234 g/mol. The largest absolute Gasteiger partial charge is 0.244 e. The highest BCUT2D eigenvalue weighted by atomic mass is 32.2. The van der Waals surface area contributed by atoms with E-state index >= 15 is 0 Å². The smallest absolute Gasteiger partial charge is 0.187 e. The monoisotopic (exact) mass is 234 g/mol. The van der Waals surface area contributed by atoms with Gasteiger partial charge in [-0.05, 0) is 26.8 Å². The highest BCUT2D eigenvalue weighted by Gasteiger charge is 2.01. The number of aliphatic imine (C=N–C) groups is 2. The summed E-state index contributed by atoms with van der Waals surface area (Å²) in [5.74, 6) is 0.536. The fourth-order valence-electron chi connectivity index (χ4n) is 0.934. The summed E-state index contributed by atoms with van der Waals surface area (Å²) in [4.78, 5) is 16.4. The van der Waals surface area contributed by atoms with Gasteiger partial charge in [-0.3, -0.25) is 0 Å². The first-order valence-electron chi connectivity index (χ1n) is 4.71. The molecule has 0 aliphatic rings. The Morgan fingerprint density at radius 3 is 2.44 bits per heavy atom. The highest BCUT2D eigenvalue weighted by molar-refractivity contribution is 7.98. The van der Waals surface area contributed by atoms with E-state index in [2.05, 4.69) is 26.7 Å². The molecule has 5 heteroatoms. The van der Waals surface area contributed by atoms with Crippen molar-refractivity contribution in [1.29, 1.82) is 0 Å². The van der Waals surface area contributed by atoms with Crippen molar-refractivity contribution in [2.45, 2.75) is 19.0 Å². The predicted molar refractivity (Wildman–Crippen MR) is 69.3 cm³/mol. The number of nitrogens with zero attached hydrogens (tertiary/aromatic N) is 4. The number of rotatable bonds is 3. The van der Waals surface area contributed by atoms with Gasteiger partial charge in [0, 0.05) is 18.6 Å². The fourth-order valence-corrected chi connectivity index (χ4v) is 1.25. The van der Waals surface area contributed by atoms with Crippen LogP contribution in [0.4, 0.5) is 0 Å². The van der Waals surface area contributed by atoms with Crippen molar-refractivity contribution < 1.29 is 0 Å².